The van der Waals surface area contributed by atoms with Gasteiger partial charge < -0.3 is 20.7 Å². The van der Waals surface area contributed by atoms with Gasteiger partial charge in [0.05, 0.1) is 18.4 Å². The smallest absolute Gasteiger partial charge is 0.329 e. The Kier molecular flexibility index (Phi) is 9.96. The number of benzene rings is 1. The second kappa shape index (κ2) is 11.9. The first-order chi connectivity index (χ1) is 14.1. The van der Waals surface area contributed by atoms with Gasteiger partial charge in [-0.1, -0.05) is 30.3 Å². The number of nitrogens with one attached hydrogen (secondary N) is 3. The van der Waals surface area contributed by atoms with Gasteiger partial charge in [-0.15, -0.1) is 4.91 Å². The van der Waals surface area contributed by atoms with E-state index in [9.17, 15) is 24.1 Å². The number of ether oxygens (including phenoxy) is 1. The van der Waals surface area contributed by atoms with Crippen LogP contribution in [-0.2, 0) is 30.3 Å². The van der Waals surface area contributed by atoms with Crippen LogP contribution in [0.1, 0.15) is 26.3 Å². The Labute approximate surface area is 179 Å². The maximum absolute atomic E-state index is 12.5. The number of hydrogen-bond acceptors (Lipinski definition) is 8. The molecule has 0 aliphatic heterocycles. The quantitative estimate of drug-likeness (QED) is 0.262. The lowest BCUT2D eigenvalue weighted by atomic mass is 10.0. The van der Waals surface area contributed by atoms with Crippen LogP contribution in [0.15, 0.2) is 34.9 Å². The van der Waals surface area contributed by atoms with Crippen LogP contribution >= 0.6 is 11.9 Å². The van der Waals surface area contributed by atoms with Crippen molar-refractivity contribution in [2.75, 3.05) is 13.7 Å². The Balaban J connectivity index is 2.76. The first-order valence-corrected chi connectivity index (χ1v) is 9.84. The van der Waals surface area contributed by atoms with Gasteiger partial charge in [0.1, 0.15) is 12.1 Å². The Hall–Kier alpha value is -2.95. The van der Waals surface area contributed by atoms with Gasteiger partial charge in [-0.05, 0) is 19.4 Å². The number of nitrogens with zero attached hydrogens (tertiary/aromatic N) is 1. The fourth-order valence-electron chi connectivity index (χ4n) is 2.59. The summed E-state index contributed by atoms with van der Waals surface area (Å²) < 4.78 is 6.32. The molecule has 1 aromatic carbocycles. The van der Waals surface area contributed by atoms with E-state index >= 15 is 0 Å². The van der Waals surface area contributed by atoms with Crippen molar-refractivity contribution in [2.24, 2.45) is 4.58 Å². The lowest BCUT2D eigenvalue weighted by molar-refractivity contribution is -0.145. The molecule has 0 radical (unpaired) electrons. The first kappa shape index (κ1) is 25.1. The molecule has 0 spiro atoms. The molecule has 11 heteroatoms. The second-order valence-electron chi connectivity index (χ2n) is 6.95. The predicted molar refractivity (Wildman–Crippen MR) is 112 cm³/mol. The molecular formula is C19H26N4O6S. The number of nitroso groups, excluding NO2 is 1. The third-order valence-corrected chi connectivity index (χ3v) is 4.89. The summed E-state index contributed by atoms with van der Waals surface area (Å²) in [5, 5.41) is 7.44. The van der Waals surface area contributed by atoms with E-state index in [0.717, 1.165) is 12.7 Å². The SMILES string of the molecule is COC(=O)[C@@H](NC(=O)CNC(=O)[C@H](Cc1ccccc1)NC(C)=O)C(C)(C)SN=O. The number of amides is 3. The minimum absolute atomic E-state index is 0.243. The van der Waals surface area contributed by atoms with Gasteiger partial charge in [-0.3, -0.25) is 14.4 Å². The molecule has 0 bridgehead atoms. The highest BCUT2D eigenvalue weighted by Crippen LogP contribution is 2.29. The fraction of sp³-hybridized carbons (Fsp3) is 0.474. The van der Waals surface area contributed by atoms with Crippen LogP contribution in [0.2, 0.25) is 0 Å². The monoisotopic (exact) mass is 438 g/mol. The molecule has 0 aromatic heterocycles. The van der Waals surface area contributed by atoms with Gasteiger partial charge in [-0.2, -0.15) is 0 Å². The van der Waals surface area contributed by atoms with Crippen LogP contribution in [0.4, 0.5) is 0 Å². The average molecular weight is 439 g/mol. The molecule has 0 aliphatic rings. The predicted octanol–water partition coefficient (Wildman–Crippen LogP) is 0.701. The third-order valence-electron chi connectivity index (χ3n) is 4.11. The maximum Gasteiger partial charge on any atom is 0.329 e. The normalized spacial score (nSPS) is 12.8. The Bertz CT molecular complexity index is 772. The number of carbonyl (C=O) groups excluding carboxylic acids is 4. The molecule has 0 aliphatic carbocycles. The zero-order chi connectivity index (χ0) is 22.7. The molecular weight excluding hydrogens is 412 g/mol. The number of carbonyl (C=O) groups is 4. The first-order valence-electron chi connectivity index (χ1n) is 9.07. The second-order valence-corrected chi connectivity index (χ2v) is 8.34. The lowest BCUT2D eigenvalue weighted by Crippen LogP contribution is -2.56. The molecule has 10 nitrogen and oxygen atoms in total. The Morgan fingerprint density at radius 3 is 2.30 bits per heavy atom. The van der Waals surface area contributed by atoms with Crippen LogP contribution in [0.3, 0.4) is 0 Å². The molecule has 0 saturated carbocycles. The average Bonchev–Trinajstić information content (AvgIpc) is 2.69. The highest BCUT2D eigenvalue weighted by atomic mass is 32.2. The van der Waals surface area contributed by atoms with Crippen molar-refractivity contribution >= 4 is 35.6 Å². The summed E-state index contributed by atoms with van der Waals surface area (Å²) in [6.45, 7) is 3.95. The number of esters is 1. The van der Waals surface area contributed by atoms with E-state index in [1.54, 1.807) is 13.8 Å². The molecule has 3 N–H and O–H groups in total. The van der Waals surface area contributed by atoms with Gasteiger partial charge in [0.15, 0.2) is 0 Å². The Morgan fingerprint density at radius 1 is 1.13 bits per heavy atom. The standard InChI is InChI=1S/C19H26N4O6S/c1-12(24)21-14(10-13-8-6-5-7-9-13)17(26)20-11-15(25)22-16(18(27)29-4)19(2,3)30-23-28/h5-9,14,16H,10-11H2,1-4H3,(H,20,26)(H,21,24)(H,22,25)/t14-,16+/m0/s1. The van der Waals surface area contributed by atoms with Crippen LogP contribution in [0.5, 0.6) is 0 Å². The molecule has 30 heavy (non-hydrogen) atoms. The molecule has 0 heterocycles. The van der Waals surface area contributed by atoms with Gasteiger partial charge in [-0.25, -0.2) is 4.79 Å². The van der Waals surface area contributed by atoms with Gasteiger partial charge >= 0.3 is 5.97 Å². The summed E-state index contributed by atoms with van der Waals surface area (Å²) >= 11 is 0.584. The van der Waals surface area contributed by atoms with Crippen molar-refractivity contribution in [1.82, 2.24) is 16.0 Å². The van der Waals surface area contributed by atoms with Crippen molar-refractivity contribution in [3.63, 3.8) is 0 Å². The van der Waals surface area contributed by atoms with E-state index in [1.165, 1.54) is 6.92 Å². The fourth-order valence-corrected chi connectivity index (χ4v) is 3.04. The van der Waals surface area contributed by atoms with Gasteiger partial charge in [0.2, 0.25) is 17.7 Å². The van der Waals surface area contributed by atoms with Crippen LogP contribution in [0, 0.1) is 4.91 Å². The molecule has 1 aromatic rings. The molecule has 0 unspecified atom stereocenters. The number of hydrogen-bond donors (Lipinski definition) is 3. The summed E-state index contributed by atoms with van der Waals surface area (Å²) in [7, 11) is 1.15. The topological polar surface area (TPSA) is 143 Å². The molecule has 0 saturated heterocycles. The highest BCUT2D eigenvalue weighted by molar-refractivity contribution is 7.99. The Morgan fingerprint density at radius 2 is 1.77 bits per heavy atom. The summed E-state index contributed by atoms with van der Waals surface area (Å²) in [6.07, 6.45) is 0.243. The molecule has 2 atom stereocenters. The highest BCUT2D eigenvalue weighted by Gasteiger charge is 2.39. The molecule has 164 valence electrons. The lowest BCUT2D eigenvalue weighted by Gasteiger charge is -2.29. The number of rotatable bonds is 11. The van der Waals surface area contributed by atoms with E-state index in [2.05, 4.69) is 25.3 Å². The summed E-state index contributed by atoms with van der Waals surface area (Å²) in [5.41, 5.74) is 0.835. The van der Waals surface area contributed by atoms with Crippen molar-refractivity contribution in [3.8, 4) is 0 Å². The van der Waals surface area contributed by atoms with Gasteiger partial charge in [0, 0.05) is 29.9 Å². The van der Waals surface area contributed by atoms with Crippen molar-refractivity contribution in [1.29, 1.82) is 0 Å². The molecule has 3 amide bonds. The van der Waals surface area contributed by atoms with E-state index in [1.807, 2.05) is 30.3 Å². The largest absolute Gasteiger partial charge is 0.467 e. The van der Waals surface area contributed by atoms with E-state index in [4.69, 9.17) is 0 Å². The zero-order valence-corrected chi connectivity index (χ0v) is 18.1. The molecule has 1 rings (SSSR count). The zero-order valence-electron chi connectivity index (χ0n) is 17.3. The van der Waals surface area contributed by atoms with Gasteiger partial charge in [0.25, 0.3) is 0 Å². The van der Waals surface area contributed by atoms with Crippen LogP contribution in [-0.4, -0.2) is 54.2 Å². The minimum atomic E-state index is -1.16. The van der Waals surface area contributed by atoms with Crippen LogP contribution < -0.4 is 16.0 Å². The maximum atomic E-state index is 12.5. The van der Waals surface area contributed by atoms with Crippen molar-refractivity contribution in [3.05, 3.63) is 40.8 Å². The minimum Gasteiger partial charge on any atom is -0.467 e. The van der Waals surface area contributed by atoms with Crippen molar-refractivity contribution in [2.45, 2.75) is 44.0 Å². The summed E-state index contributed by atoms with van der Waals surface area (Å²) in [6, 6.07) is 7.05. The summed E-state index contributed by atoms with van der Waals surface area (Å²) in [4.78, 5) is 58.9. The third kappa shape index (κ3) is 8.19. The number of methoxy groups -OCH3 is 1. The van der Waals surface area contributed by atoms with E-state index in [-0.39, 0.29) is 12.3 Å². The van der Waals surface area contributed by atoms with E-state index < -0.39 is 41.2 Å². The van der Waals surface area contributed by atoms with Crippen molar-refractivity contribution < 1.29 is 23.9 Å². The van der Waals surface area contributed by atoms with E-state index in [0.29, 0.717) is 11.9 Å². The van der Waals surface area contributed by atoms with Crippen LogP contribution in [0.25, 0.3) is 0 Å². The summed E-state index contributed by atoms with van der Waals surface area (Å²) in [5.74, 6) is -2.36. The molecule has 0 fully saturated rings.